The minimum absolute atomic E-state index is 0.0506. The second-order valence-electron chi connectivity index (χ2n) is 4.85. The summed E-state index contributed by atoms with van der Waals surface area (Å²) >= 11 is 0. The topological polar surface area (TPSA) is 90.8 Å². The van der Waals surface area contributed by atoms with Crippen LogP contribution in [0.4, 0.5) is 0 Å². The number of ether oxygens (including phenoxy) is 1. The molecule has 0 aliphatic heterocycles. The zero-order valence-corrected chi connectivity index (χ0v) is 13.1. The van der Waals surface area contributed by atoms with Crippen molar-refractivity contribution in [2.45, 2.75) is 13.3 Å². The Morgan fingerprint density at radius 1 is 1.43 bits per heavy atom. The van der Waals surface area contributed by atoms with E-state index in [9.17, 15) is 10.1 Å². The maximum atomic E-state index is 11.9. The fourth-order valence-electron chi connectivity index (χ4n) is 2.03. The van der Waals surface area contributed by atoms with E-state index in [-0.39, 0.29) is 11.5 Å². The Labute approximate surface area is 134 Å². The SMILES string of the molecule is CCCNC(=O)C(C#N)=Cc1cn[nH]c1-c1ccc(OC)cc1. The van der Waals surface area contributed by atoms with Crippen molar-refractivity contribution in [3.63, 3.8) is 0 Å². The Hall–Kier alpha value is -3.07. The summed E-state index contributed by atoms with van der Waals surface area (Å²) in [6.45, 7) is 2.49. The molecule has 0 unspecified atom stereocenters. The number of nitrogens with zero attached hydrogens (tertiary/aromatic N) is 2. The average Bonchev–Trinajstić information content (AvgIpc) is 3.05. The van der Waals surface area contributed by atoms with Gasteiger partial charge < -0.3 is 10.1 Å². The van der Waals surface area contributed by atoms with Crippen molar-refractivity contribution in [1.29, 1.82) is 5.26 Å². The quantitative estimate of drug-likeness (QED) is 0.633. The maximum absolute atomic E-state index is 11.9. The van der Waals surface area contributed by atoms with Crippen LogP contribution >= 0.6 is 0 Å². The molecule has 1 aromatic heterocycles. The number of hydrogen-bond donors (Lipinski definition) is 2. The standard InChI is InChI=1S/C17H18N4O2/c1-3-8-19-17(22)13(10-18)9-14-11-20-21-16(14)12-4-6-15(23-2)7-5-12/h4-7,9,11H,3,8H2,1-2H3,(H,19,22)(H,20,21). The van der Waals surface area contributed by atoms with E-state index in [1.54, 1.807) is 13.3 Å². The Balaban J connectivity index is 2.30. The minimum atomic E-state index is -0.378. The fraction of sp³-hybridized carbons (Fsp3) is 0.235. The fourth-order valence-corrected chi connectivity index (χ4v) is 2.03. The molecular formula is C17H18N4O2. The van der Waals surface area contributed by atoms with E-state index in [0.29, 0.717) is 12.1 Å². The molecule has 2 aromatic rings. The van der Waals surface area contributed by atoms with E-state index in [4.69, 9.17) is 4.74 Å². The van der Waals surface area contributed by atoms with Gasteiger partial charge in [0.15, 0.2) is 0 Å². The molecule has 2 N–H and O–H groups in total. The van der Waals surface area contributed by atoms with Gasteiger partial charge in [-0.2, -0.15) is 10.4 Å². The maximum Gasteiger partial charge on any atom is 0.261 e. The van der Waals surface area contributed by atoms with Crippen molar-refractivity contribution in [1.82, 2.24) is 15.5 Å². The molecule has 23 heavy (non-hydrogen) atoms. The van der Waals surface area contributed by atoms with Gasteiger partial charge in [0.05, 0.1) is 19.0 Å². The van der Waals surface area contributed by atoms with Crippen molar-refractivity contribution in [2.75, 3.05) is 13.7 Å². The molecule has 0 saturated carbocycles. The van der Waals surface area contributed by atoms with E-state index in [1.807, 2.05) is 37.3 Å². The first kappa shape index (κ1) is 16.3. The van der Waals surface area contributed by atoms with Gasteiger partial charge in [0.1, 0.15) is 17.4 Å². The molecule has 6 nitrogen and oxygen atoms in total. The summed E-state index contributed by atoms with van der Waals surface area (Å²) in [6, 6.07) is 9.37. The zero-order chi connectivity index (χ0) is 16.7. The lowest BCUT2D eigenvalue weighted by Gasteiger charge is -2.04. The molecule has 0 atom stereocenters. The lowest BCUT2D eigenvalue weighted by atomic mass is 10.1. The molecule has 1 aromatic carbocycles. The van der Waals surface area contributed by atoms with Gasteiger partial charge in [-0.05, 0) is 36.8 Å². The minimum Gasteiger partial charge on any atom is -0.497 e. The van der Waals surface area contributed by atoms with Gasteiger partial charge in [0.2, 0.25) is 0 Å². The molecule has 0 radical (unpaired) electrons. The van der Waals surface area contributed by atoms with Crippen molar-refractivity contribution >= 4 is 12.0 Å². The Morgan fingerprint density at radius 3 is 2.78 bits per heavy atom. The van der Waals surface area contributed by atoms with Crippen LogP contribution in [-0.2, 0) is 4.79 Å². The zero-order valence-electron chi connectivity index (χ0n) is 13.1. The first-order valence-electron chi connectivity index (χ1n) is 7.27. The first-order valence-corrected chi connectivity index (χ1v) is 7.27. The van der Waals surface area contributed by atoms with Crippen LogP contribution in [-0.4, -0.2) is 29.8 Å². The van der Waals surface area contributed by atoms with E-state index >= 15 is 0 Å². The molecule has 2 rings (SSSR count). The van der Waals surface area contributed by atoms with Gasteiger partial charge in [-0.25, -0.2) is 0 Å². The number of rotatable bonds is 6. The van der Waals surface area contributed by atoms with E-state index in [0.717, 1.165) is 23.4 Å². The molecule has 0 fully saturated rings. The number of nitriles is 1. The van der Waals surface area contributed by atoms with Crippen LogP contribution in [0.3, 0.4) is 0 Å². The van der Waals surface area contributed by atoms with Crippen LogP contribution in [0.25, 0.3) is 17.3 Å². The van der Waals surface area contributed by atoms with Crippen LogP contribution in [0.1, 0.15) is 18.9 Å². The number of H-pyrrole nitrogens is 1. The van der Waals surface area contributed by atoms with E-state index in [2.05, 4.69) is 15.5 Å². The molecule has 0 aliphatic rings. The molecular weight excluding hydrogens is 292 g/mol. The van der Waals surface area contributed by atoms with Crippen LogP contribution < -0.4 is 10.1 Å². The highest BCUT2D eigenvalue weighted by atomic mass is 16.5. The summed E-state index contributed by atoms with van der Waals surface area (Å²) in [5.41, 5.74) is 2.36. The average molecular weight is 310 g/mol. The lowest BCUT2D eigenvalue weighted by molar-refractivity contribution is -0.117. The van der Waals surface area contributed by atoms with Gasteiger partial charge >= 0.3 is 0 Å². The van der Waals surface area contributed by atoms with Gasteiger partial charge in [-0.3, -0.25) is 9.89 Å². The molecule has 0 spiro atoms. The number of nitrogens with one attached hydrogen (secondary N) is 2. The number of benzene rings is 1. The molecule has 1 amide bonds. The van der Waals surface area contributed by atoms with Gasteiger partial charge in [0.25, 0.3) is 5.91 Å². The van der Waals surface area contributed by atoms with Crippen molar-refractivity contribution in [3.8, 4) is 23.1 Å². The summed E-state index contributed by atoms with van der Waals surface area (Å²) in [4.78, 5) is 11.9. The van der Waals surface area contributed by atoms with Crippen molar-refractivity contribution in [2.24, 2.45) is 0 Å². The second kappa shape index (κ2) is 7.80. The number of aromatic amines is 1. The van der Waals surface area contributed by atoms with E-state index < -0.39 is 0 Å². The summed E-state index contributed by atoms with van der Waals surface area (Å²) < 4.78 is 5.13. The van der Waals surface area contributed by atoms with Gasteiger partial charge in [0, 0.05) is 17.7 Å². The largest absolute Gasteiger partial charge is 0.497 e. The van der Waals surface area contributed by atoms with Crippen LogP contribution in [0, 0.1) is 11.3 Å². The highest BCUT2D eigenvalue weighted by Gasteiger charge is 2.12. The molecule has 0 bridgehead atoms. The highest BCUT2D eigenvalue weighted by molar-refractivity contribution is 6.02. The summed E-state index contributed by atoms with van der Waals surface area (Å²) in [7, 11) is 1.60. The molecule has 118 valence electrons. The smallest absolute Gasteiger partial charge is 0.261 e. The van der Waals surface area contributed by atoms with Gasteiger partial charge in [-0.15, -0.1) is 0 Å². The number of carbonyl (C=O) groups excluding carboxylic acids is 1. The predicted octanol–water partition coefficient (Wildman–Crippen LogP) is 2.52. The molecule has 6 heteroatoms. The Bertz CT molecular complexity index is 739. The van der Waals surface area contributed by atoms with E-state index in [1.165, 1.54) is 6.08 Å². The molecule has 1 heterocycles. The monoisotopic (exact) mass is 310 g/mol. The predicted molar refractivity (Wildman–Crippen MR) is 87.5 cm³/mol. The Morgan fingerprint density at radius 2 is 2.17 bits per heavy atom. The summed E-state index contributed by atoms with van der Waals surface area (Å²) in [5, 5.41) is 18.8. The second-order valence-corrected chi connectivity index (χ2v) is 4.85. The van der Waals surface area contributed by atoms with Crippen LogP contribution in [0.2, 0.25) is 0 Å². The summed E-state index contributed by atoms with van der Waals surface area (Å²) in [6.07, 6.45) is 3.94. The molecule has 0 aliphatic carbocycles. The highest BCUT2D eigenvalue weighted by Crippen LogP contribution is 2.25. The van der Waals surface area contributed by atoms with Gasteiger partial charge in [-0.1, -0.05) is 6.92 Å². The number of aromatic nitrogens is 2. The third kappa shape index (κ3) is 3.98. The Kier molecular flexibility index (Phi) is 5.53. The third-order valence-corrected chi connectivity index (χ3v) is 3.25. The number of amides is 1. The van der Waals surface area contributed by atoms with Crippen LogP contribution in [0.15, 0.2) is 36.0 Å². The number of carbonyl (C=O) groups is 1. The first-order chi connectivity index (χ1) is 11.2. The van der Waals surface area contributed by atoms with Crippen LogP contribution in [0.5, 0.6) is 5.75 Å². The lowest BCUT2D eigenvalue weighted by Crippen LogP contribution is -2.25. The van der Waals surface area contributed by atoms with Crippen molar-refractivity contribution < 1.29 is 9.53 Å². The number of hydrogen-bond acceptors (Lipinski definition) is 4. The third-order valence-electron chi connectivity index (χ3n) is 3.25. The summed E-state index contributed by atoms with van der Waals surface area (Å²) in [5.74, 6) is 0.373. The number of methoxy groups -OCH3 is 1. The van der Waals surface area contributed by atoms with Crippen molar-refractivity contribution in [3.05, 3.63) is 41.6 Å². The normalized spacial score (nSPS) is 10.9. The molecule has 0 saturated heterocycles.